The number of nitrogen functional groups attached to an aromatic ring is 1. The van der Waals surface area contributed by atoms with Crippen LogP contribution in [-0.2, 0) is 4.74 Å². The molecule has 0 fully saturated rings. The van der Waals surface area contributed by atoms with Crippen LogP contribution in [0.2, 0.25) is 0 Å². The van der Waals surface area contributed by atoms with E-state index in [4.69, 9.17) is 10.5 Å². The highest BCUT2D eigenvalue weighted by Crippen LogP contribution is 2.35. The lowest BCUT2D eigenvalue weighted by molar-refractivity contribution is 0.0529. The molecule has 1 heterocycles. The highest BCUT2D eigenvalue weighted by molar-refractivity contribution is 7.15. The van der Waals surface area contributed by atoms with Crippen LogP contribution in [0.15, 0.2) is 47.8 Å². The molecule has 21 heavy (non-hydrogen) atoms. The summed E-state index contributed by atoms with van der Waals surface area (Å²) in [6, 6.07) is 14.3. The smallest absolute Gasteiger partial charge is 0.341 e. The molecule has 0 aliphatic carbocycles. The molecule has 0 radical (unpaired) electrons. The van der Waals surface area contributed by atoms with Crippen LogP contribution in [0, 0.1) is 0 Å². The Bertz CT molecular complexity index is 807. The number of benzene rings is 2. The molecule has 3 aromatic rings. The Kier molecular flexibility index (Phi) is 3.62. The van der Waals surface area contributed by atoms with E-state index < -0.39 is 0 Å². The summed E-state index contributed by atoms with van der Waals surface area (Å²) in [6.07, 6.45) is 0. The maximum Gasteiger partial charge on any atom is 0.341 e. The summed E-state index contributed by atoms with van der Waals surface area (Å²) in [4.78, 5) is 12.1. The van der Waals surface area contributed by atoms with Gasteiger partial charge in [0.2, 0.25) is 0 Å². The van der Waals surface area contributed by atoms with E-state index in [0.717, 1.165) is 16.5 Å². The molecule has 106 valence electrons. The third-order valence-corrected chi connectivity index (χ3v) is 4.17. The third-order valence-electron chi connectivity index (χ3n) is 3.36. The van der Waals surface area contributed by atoms with Crippen LogP contribution in [0.25, 0.3) is 21.9 Å². The zero-order valence-corrected chi connectivity index (χ0v) is 12.4. The van der Waals surface area contributed by atoms with Gasteiger partial charge in [-0.3, -0.25) is 0 Å². The number of rotatable bonds is 3. The first-order valence-corrected chi connectivity index (χ1v) is 7.62. The van der Waals surface area contributed by atoms with Crippen LogP contribution in [0.5, 0.6) is 0 Å². The van der Waals surface area contributed by atoms with Crippen LogP contribution in [0.4, 0.5) is 5.00 Å². The van der Waals surface area contributed by atoms with Gasteiger partial charge in [0.1, 0.15) is 10.6 Å². The molecule has 0 saturated carbocycles. The second kappa shape index (κ2) is 5.58. The van der Waals surface area contributed by atoms with Gasteiger partial charge in [-0.25, -0.2) is 4.79 Å². The van der Waals surface area contributed by atoms with E-state index in [1.54, 1.807) is 6.92 Å². The Hall–Kier alpha value is -2.33. The number of nitrogens with two attached hydrogens (primary N) is 1. The molecule has 3 rings (SSSR count). The lowest BCUT2D eigenvalue weighted by Gasteiger charge is -2.07. The fourth-order valence-electron chi connectivity index (χ4n) is 2.36. The minimum absolute atomic E-state index is 0.339. The molecule has 2 N–H and O–H groups in total. The van der Waals surface area contributed by atoms with E-state index >= 15 is 0 Å². The van der Waals surface area contributed by atoms with Crippen molar-refractivity contribution in [3.63, 3.8) is 0 Å². The van der Waals surface area contributed by atoms with Gasteiger partial charge in [0.15, 0.2) is 0 Å². The van der Waals surface area contributed by atoms with Gasteiger partial charge >= 0.3 is 5.97 Å². The lowest BCUT2D eigenvalue weighted by atomic mass is 10.0. The fourth-order valence-corrected chi connectivity index (χ4v) is 3.17. The predicted octanol–water partition coefficient (Wildman–Crippen LogP) is 4.33. The maximum atomic E-state index is 12.1. The Balaban J connectivity index is 2.12. The van der Waals surface area contributed by atoms with Crippen molar-refractivity contribution in [2.24, 2.45) is 0 Å². The van der Waals surface area contributed by atoms with Crippen LogP contribution in [0.3, 0.4) is 0 Å². The molecule has 0 unspecified atom stereocenters. The Morgan fingerprint density at radius 3 is 2.71 bits per heavy atom. The molecule has 1 aromatic heterocycles. The zero-order chi connectivity index (χ0) is 14.8. The average molecular weight is 297 g/mol. The molecular weight excluding hydrogens is 282 g/mol. The first kappa shape index (κ1) is 13.6. The van der Waals surface area contributed by atoms with Gasteiger partial charge in [-0.2, -0.15) is 0 Å². The van der Waals surface area contributed by atoms with Gasteiger partial charge in [0.25, 0.3) is 0 Å². The van der Waals surface area contributed by atoms with Crippen molar-refractivity contribution in [2.45, 2.75) is 6.92 Å². The first-order valence-electron chi connectivity index (χ1n) is 6.74. The van der Waals surface area contributed by atoms with E-state index in [1.807, 2.05) is 29.6 Å². The maximum absolute atomic E-state index is 12.1. The molecule has 0 bridgehead atoms. The molecular formula is C17H15NO2S. The van der Waals surface area contributed by atoms with Crippen LogP contribution in [0.1, 0.15) is 17.3 Å². The molecule has 0 aliphatic rings. The number of hydrogen-bond acceptors (Lipinski definition) is 4. The Labute approximate surface area is 127 Å². The minimum atomic E-state index is -0.362. The second-order valence-corrected chi connectivity index (χ2v) is 5.58. The highest BCUT2D eigenvalue weighted by atomic mass is 32.1. The molecule has 0 saturated heterocycles. The van der Waals surface area contributed by atoms with E-state index in [9.17, 15) is 4.79 Å². The quantitative estimate of drug-likeness (QED) is 0.732. The number of esters is 1. The largest absolute Gasteiger partial charge is 0.462 e. The van der Waals surface area contributed by atoms with E-state index in [-0.39, 0.29) is 5.97 Å². The summed E-state index contributed by atoms with van der Waals surface area (Å²) in [5, 5.41) is 4.71. The number of thiophene rings is 1. The van der Waals surface area contributed by atoms with Crippen LogP contribution >= 0.6 is 11.3 Å². The molecule has 0 atom stereocenters. The fraction of sp³-hybridized carbons (Fsp3) is 0.118. The summed E-state index contributed by atoms with van der Waals surface area (Å²) in [7, 11) is 0. The van der Waals surface area contributed by atoms with Crippen molar-refractivity contribution in [3.05, 3.63) is 53.4 Å². The summed E-state index contributed by atoms with van der Waals surface area (Å²) in [5.74, 6) is -0.362. The van der Waals surface area contributed by atoms with Crippen molar-refractivity contribution in [1.82, 2.24) is 0 Å². The summed E-state index contributed by atoms with van der Waals surface area (Å²) >= 11 is 1.36. The first-order chi connectivity index (χ1) is 10.2. The average Bonchev–Trinajstić information content (AvgIpc) is 2.89. The van der Waals surface area contributed by atoms with Gasteiger partial charge in [-0.1, -0.05) is 36.4 Å². The minimum Gasteiger partial charge on any atom is -0.462 e. The van der Waals surface area contributed by atoms with Crippen molar-refractivity contribution in [3.8, 4) is 11.1 Å². The van der Waals surface area contributed by atoms with Gasteiger partial charge in [0, 0.05) is 10.9 Å². The normalized spacial score (nSPS) is 10.7. The number of carbonyl (C=O) groups is 1. The highest BCUT2D eigenvalue weighted by Gasteiger charge is 2.19. The molecule has 0 amide bonds. The zero-order valence-electron chi connectivity index (χ0n) is 11.6. The number of anilines is 1. The summed E-state index contributed by atoms with van der Waals surface area (Å²) in [6.45, 7) is 2.13. The van der Waals surface area contributed by atoms with Gasteiger partial charge in [-0.05, 0) is 29.3 Å². The van der Waals surface area contributed by atoms with Crippen molar-refractivity contribution in [2.75, 3.05) is 12.3 Å². The SMILES string of the molecule is CCOC(=O)c1c(-c2ccc3ccccc3c2)csc1N. The van der Waals surface area contributed by atoms with Gasteiger partial charge in [-0.15, -0.1) is 11.3 Å². The molecule has 3 nitrogen and oxygen atoms in total. The standard InChI is InChI=1S/C17H15NO2S/c1-2-20-17(19)15-14(10-21-16(15)18)13-8-7-11-5-3-4-6-12(11)9-13/h3-10H,2,18H2,1H3. The van der Waals surface area contributed by atoms with E-state index in [1.165, 1.54) is 16.7 Å². The number of hydrogen-bond donors (Lipinski definition) is 1. The van der Waals surface area contributed by atoms with Crippen LogP contribution in [-0.4, -0.2) is 12.6 Å². The molecule has 0 aliphatic heterocycles. The van der Waals surface area contributed by atoms with Gasteiger partial charge < -0.3 is 10.5 Å². The van der Waals surface area contributed by atoms with Crippen molar-refractivity contribution in [1.29, 1.82) is 0 Å². The van der Waals surface area contributed by atoms with Gasteiger partial charge in [0.05, 0.1) is 6.61 Å². The molecule has 2 aromatic carbocycles. The summed E-state index contributed by atoms with van der Waals surface area (Å²) in [5.41, 5.74) is 8.22. The van der Waals surface area contributed by atoms with E-state index in [0.29, 0.717) is 17.2 Å². The van der Waals surface area contributed by atoms with Crippen LogP contribution < -0.4 is 5.73 Å². The number of carbonyl (C=O) groups excluding carboxylic acids is 1. The summed E-state index contributed by atoms with van der Waals surface area (Å²) < 4.78 is 5.10. The topological polar surface area (TPSA) is 52.3 Å². The molecule has 0 spiro atoms. The Morgan fingerprint density at radius 2 is 1.95 bits per heavy atom. The number of ether oxygens (including phenoxy) is 1. The third kappa shape index (κ3) is 2.50. The second-order valence-electron chi connectivity index (χ2n) is 4.67. The van der Waals surface area contributed by atoms with E-state index in [2.05, 4.69) is 18.2 Å². The number of fused-ring (bicyclic) bond motifs is 1. The Morgan fingerprint density at radius 1 is 1.19 bits per heavy atom. The molecule has 4 heteroatoms. The predicted molar refractivity (Wildman–Crippen MR) is 87.6 cm³/mol. The lowest BCUT2D eigenvalue weighted by Crippen LogP contribution is -2.07. The monoisotopic (exact) mass is 297 g/mol. The van der Waals surface area contributed by atoms with Crippen molar-refractivity contribution < 1.29 is 9.53 Å². The van der Waals surface area contributed by atoms with Crippen molar-refractivity contribution >= 4 is 33.1 Å².